The summed E-state index contributed by atoms with van der Waals surface area (Å²) in [5, 5.41) is 0. The summed E-state index contributed by atoms with van der Waals surface area (Å²) < 4.78 is 12.4. The van der Waals surface area contributed by atoms with Crippen molar-refractivity contribution in [2.75, 3.05) is 13.2 Å². The molecule has 0 N–H and O–H groups in total. The van der Waals surface area contributed by atoms with Crippen molar-refractivity contribution in [3.05, 3.63) is 23.8 Å². The molecule has 2 unspecified atom stereocenters. The standard InChI is InChI=1S/C25H44O2/c1-7-11-13-21(9-3)18-26-23-15-16-25(24(17-23)20(5)6)27-19-22(10-4)14-12-8-2/h15-17,20-22H,7-14,18-19H2,1-6H3. The summed E-state index contributed by atoms with van der Waals surface area (Å²) in [6.45, 7) is 15.2. The molecule has 2 atom stereocenters. The first-order chi connectivity index (χ1) is 13.0. The van der Waals surface area contributed by atoms with Crippen molar-refractivity contribution in [3.8, 4) is 11.5 Å². The van der Waals surface area contributed by atoms with Crippen LogP contribution in [0.2, 0.25) is 0 Å². The third-order valence-electron chi connectivity index (χ3n) is 5.65. The summed E-state index contributed by atoms with van der Waals surface area (Å²) in [6, 6.07) is 6.39. The number of benzene rings is 1. The van der Waals surface area contributed by atoms with Crippen LogP contribution in [-0.4, -0.2) is 13.2 Å². The van der Waals surface area contributed by atoms with Gasteiger partial charge in [0, 0.05) is 5.56 Å². The van der Waals surface area contributed by atoms with Gasteiger partial charge in [-0.3, -0.25) is 0 Å². The highest BCUT2D eigenvalue weighted by atomic mass is 16.5. The predicted molar refractivity (Wildman–Crippen MR) is 118 cm³/mol. The van der Waals surface area contributed by atoms with Crippen LogP contribution in [-0.2, 0) is 0 Å². The summed E-state index contributed by atoms with van der Waals surface area (Å²) in [7, 11) is 0. The Labute approximate surface area is 169 Å². The molecule has 0 amide bonds. The molecule has 0 heterocycles. The van der Waals surface area contributed by atoms with Gasteiger partial charge in [0.1, 0.15) is 11.5 Å². The molecule has 0 aromatic heterocycles. The topological polar surface area (TPSA) is 18.5 Å². The average Bonchev–Trinajstić information content (AvgIpc) is 2.68. The van der Waals surface area contributed by atoms with Crippen molar-refractivity contribution in [1.29, 1.82) is 0 Å². The Morgan fingerprint density at radius 2 is 1.33 bits per heavy atom. The Balaban J connectivity index is 2.70. The SMILES string of the molecule is CCCCC(CC)COc1ccc(OCC(CC)CCCC)c(C(C)C)c1. The van der Waals surface area contributed by atoms with Crippen LogP contribution in [0.5, 0.6) is 11.5 Å². The smallest absolute Gasteiger partial charge is 0.123 e. The van der Waals surface area contributed by atoms with Crippen LogP contribution in [0.25, 0.3) is 0 Å². The van der Waals surface area contributed by atoms with E-state index in [2.05, 4.69) is 59.7 Å². The molecule has 0 aliphatic heterocycles. The van der Waals surface area contributed by atoms with Crippen molar-refractivity contribution in [2.45, 2.75) is 98.8 Å². The van der Waals surface area contributed by atoms with Gasteiger partial charge in [-0.25, -0.2) is 0 Å². The van der Waals surface area contributed by atoms with E-state index in [9.17, 15) is 0 Å². The van der Waals surface area contributed by atoms with E-state index in [0.717, 1.165) is 24.7 Å². The Morgan fingerprint density at radius 3 is 1.81 bits per heavy atom. The first kappa shape index (κ1) is 23.9. The number of unbranched alkanes of at least 4 members (excludes halogenated alkanes) is 2. The molecule has 2 heteroatoms. The fraction of sp³-hybridized carbons (Fsp3) is 0.760. The molecule has 0 fully saturated rings. The van der Waals surface area contributed by atoms with E-state index in [1.165, 1.54) is 56.9 Å². The van der Waals surface area contributed by atoms with E-state index in [-0.39, 0.29) is 0 Å². The van der Waals surface area contributed by atoms with Crippen LogP contribution in [0.3, 0.4) is 0 Å². The van der Waals surface area contributed by atoms with E-state index in [0.29, 0.717) is 17.8 Å². The molecule has 2 nitrogen and oxygen atoms in total. The van der Waals surface area contributed by atoms with Gasteiger partial charge >= 0.3 is 0 Å². The largest absolute Gasteiger partial charge is 0.493 e. The third-order valence-corrected chi connectivity index (χ3v) is 5.65. The second-order valence-electron chi connectivity index (χ2n) is 8.31. The lowest BCUT2D eigenvalue weighted by atomic mass is 9.99. The second kappa shape index (κ2) is 13.9. The Bertz CT molecular complexity index is 495. The molecular formula is C25H44O2. The predicted octanol–water partition coefficient (Wildman–Crippen LogP) is 8.00. The summed E-state index contributed by atoms with van der Waals surface area (Å²) in [4.78, 5) is 0. The van der Waals surface area contributed by atoms with E-state index >= 15 is 0 Å². The summed E-state index contributed by atoms with van der Waals surface area (Å²) >= 11 is 0. The number of rotatable bonds is 15. The van der Waals surface area contributed by atoms with Gasteiger partial charge in [-0.2, -0.15) is 0 Å². The minimum Gasteiger partial charge on any atom is -0.493 e. The molecular weight excluding hydrogens is 332 g/mol. The van der Waals surface area contributed by atoms with Crippen molar-refractivity contribution in [2.24, 2.45) is 11.8 Å². The van der Waals surface area contributed by atoms with E-state index in [1.54, 1.807) is 0 Å². The van der Waals surface area contributed by atoms with Crippen LogP contribution in [0.15, 0.2) is 18.2 Å². The average molecular weight is 377 g/mol. The minimum absolute atomic E-state index is 0.432. The molecule has 0 aliphatic rings. The van der Waals surface area contributed by atoms with Crippen LogP contribution in [0.4, 0.5) is 0 Å². The highest BCUT2D eigenvalue weighted by Crippen LogP contribution is 2.31. The maximum atomic E-state index is 6.25. The summed E-state index contributed by atoms with van der Waals surface area (Å²) in [6.07, 6.45) is 10.0. The number of ether oxygens (including phenoxy) is 2. The van der Waals surface area contributed by atoms with Crippen molar-refractivity contribution in [3.63, 3.8) is 0 Å². The Morgan fingerprint density at radius 1 is 0.778 bits per heavy atom. The zero-order chi connectivity index (χ0) is 20.1. The lowest BCUT2D eigenvalue weighted by Gasteiger charge is -2.20. The zero-order valence-electron chi connectivity index (χ0n) is 18.9. The number of hydrogen-bond donors (Lipinski definition) is 0. The maximum Gasteiger partial charge on any atom is 0.123 e. The van der Waals surface area contributed by atoms with Crippen LogP contribution in [0.1, 0.15) is 104 Å². The molecule has 0 spiro atoms. The monoisotopic (exact) mass is 376 g/mol. The third kappa shape index (κ3) is 9.04. The lowest BCUT2D eigenvalue weighted by Crippen LogP contribution is -2.13. The Kier molecular flexibility index (Phi) is 12.3. The molecule has 156 valence electrons. The fourth-order valence-electron chi connectivity index (χ4n) is 3.42. The van der Waals surface area contributed by atoms with Gasteiger partial charge in [0.25, 0.3) is 0 Å². The molecule has 1 aromatic carbocycles. The normalized spacial score (nSPS) is 13.6. The molecule has 0 saturated carbocycles. The summed E-state index contributed by atoms with van der Waals surface area (Å²) in [5.41, 5.74) is 1.26. The van der Waals surface area contributed by atoms with Gasteiger partial charge in [-0.15, -0.1) is 0 Å². The van der Waals surface area contributed by atoms with Crippen LogP contribution >= 0.6 is 0 Å². The van der Waals surface area contributed by atoms with Gasteiger partial charge in [0.05, 0.1) is 13.2 Å². The van der Waals surface area contributed by atoms with Crippen molar-refractivity contribution >= 4 is 0 Å². The molecule has 0 radical (unpaired) electrons. The van der Waals surface area contributed by atoms with Crippen LogP contribution in [0, 0.1) is 11.8 Å². The molecule has 0 aliphatic carbocycles. The van der Waals surface area contributed by atoms with Crippen LogP contribution < -0.4 is 9.47 Å². The number of hydrogen-bond acceptors (Lipinski definition) is 2. The van der Waals surface area contributed by atoms with Crippen molar-refractivity contribution < 1.29 is 9.47 Å². The van der Waals surface area contributed by atoms with E-state index in [4.69, 9.17) is 9.47 Å². The second-order valence-corrected chi connectivity index (χ2v) is 8.31. The first-order valence-electron chi connectivity index (χ1n) is 11.4. The molecule has 0 saturated heterocycles. The van der Waals surface area contributed by atoms with Gasteiger partial charge < -0.3 is 9.47 Å². The highest BCUT2D eigenvalue weighted by molar-refractivity contribution is 5.42. The molecule has 1 rings (SSSR count). The quantitative estimate of drug-likeness (QED) is 0.309. The van der Waals surface area contributed by atoms with Gasteiger partial charge in [0.15, 0.2) is 0 Å². The molecule has 0 bridgehead atoms. The Hall–Kier alpha value is -1.18. The van der Waals surface area contributed by atoms with Gasteiger partial charge in [0.2, 0.25) is 0 Å². The van der Waals surface area contributed by atoms with E-state index < -0.39 is 0 Å². The van der Waals surface area contributed by atoms with Gasteiger partial charge in [-0.1, -0.05) is 80.1 Å². The van der Waals surface area contributed by atoms with Crippen molar-refractivity contribution in [1.82, 2.24) is 0 Å². The first-order valence-corrected chi connectivity index (χ1v) is 11.4. The van der Waals surface area contributed by atoms with Gasteiger partial charge in [-0.05, 0) is 48.8 Å². The zero-order valence-corrected chi connectivity index (χ0v) is 18.9. The maximum absolute atomic E-state index is 6.25. The lowest BCUT2D eigenvalue weighted by molar-refractivity contribution is 0.225. The molecule has 27 heavy (non-hydrogen) atoms. The highest BCUT2D eigenvalue weighted by Gasteiger charge is 2.14. The van der Waals surface area contributed by atoms with E-state index in [1.807, 2.05) is 0 Å². The molecule has 1 aromatic rings. The minimum atomic E-state index is 0.432. The summed E-state index contributed by atoms with van der Waals surface area (Å²) in [5.74, 6) is 3.77. The fourth-order valence-corrected chi connectivity index (χ4v) is 3.42.